The van der Waals surface area contributed by atoms with E-state index in [9.17, 15) is 4.79 Å². The summed E-state index contributed by atoms with van der Waals surface area (Å²) in [6.45, 7) is 7.72. The van der Waals surface area contributed by atoms with E-state index in [0.717, 1.165) is 72.8 Å². The van der Waals surface area contributed by atoms with E-state index in [1.165, 1.54) is 11.6 Å². The molecule has 2 aromatic carbocycles. The average molecular weight is 530 g/mol. The Morgan fingerprint density at radius 3 is 2.50 bits per heavy atom. The smallest absolute Gasteiger partial charge is 0.245 e. The number of carbonyl (C=O) groups excluding carboxylic acids is 1. The number of imidazole rings is 1. The summed E-state index contributed by atoms with van der Waals surface area (Å²) in [6, 6.07) is 26.5. The van der Waals surface area contributed by atoms with E-state index < -0.39 is 0 Å². The molecule has 1 fully saturated rings. The highest BCUT2D eigenvalue weighted by Gasteiger charge is 2.20. The highest BCUT2D eigenvalue weighted by Crippen LogP contribution is 2.31. The van der Waals surface area contributed by atoms with Gasteiger partial charge < -0.3 is 10.6 Å². The molecule has 0 saturated carbocycles. The molecule has 0 radical (unpaired) electrons. The van der Waals surface area contributed by atoms with E-state index in [1.807, 2.05) is 47.4 Å². The molecule has 1 aliphatic heterocycles. The van der Waals surface area contributed by atoms with Crippen LogP contribution in [-0.2, 0) is 11.3 Å². The number of nitrogen functional groups attached to an aromatic ring is 1. The summed E-state index contributed by atoms with van der Waals surface area (Å²) in [4.78, 5) is 30.6. The van der Waals surface area contributed by atoms with Crippen LogP contribution < -0.4 is 5.73 Å². The van der Waals surface area contributed by atoms with Crippen LogP contribution in [0.25, 0.3) is 39.5 Å². The minimum absolute atomic E-state index is 0.00727. The molecule has 1 amide bonds. The molecule has 0 unspecified atom stereocenters. The second kappa shape index (κ2) is 11.1. The third-order valence-corrected chi connectivity index (χ3v) is 7.33. The second-order valence-electron chi connectivity index (χ2n) is 9.94. The number of benzene rings is 2. The lowest BCUT2D eigenvalue weighted by molar-refractivity contribution is -0.125. The third kappa shape index (κ3) is 5.09. The van der Waals surface area contributed by atoms with Crippen LogP contribution in [0.2, 0.25) is 0 Å². The second-order valence-corrected chi connectivity index (χ2v) is 9.94. The van der Waals surface area contributed by atoms with Crippen LogP contribution in [0.15, 0.2) is 97.7 Å². The fourth-order valence-electron chi connectivity index (χ4n) is 5.25. The van der Waals surface area contributed by atoms with E-state index in [2.05, 4.69) is 57.4 Å². The molecule has 1 aliphatic rings. The van der Waals surface area contributed by atoms with Gasteiger partial charge in [-0.05, 0) is 54.5 Å². The normalized spacial score (nSPS) is 14.2. The Morgan fingerprint density at radius 1 is 0.900 bits per heavy atom. The number of hydrogen-bond donors (Lipinski definition) is 1. The first-order valence-electron chi connectivity index (χ1n) is 13.5. The Hall–Kier alpha value is -4.82. The molecule has 6 rings (SSSR count). The van der Waals surface area contributed by atoms with E-state index in [0.29, 0.717) is 11.6 Å². The van der Waals surface area contributed by atoms with Gasteiger partial charge in [0.15, 0.2) is 11.5 Å². The first-order valence-corrected chi connectivity index (χ1v) is 13.5. The molecule has 200 valence electrons. The van der Waals surface area contributed by atoms with Crippen LogP contribution in [0.5, 0.6) is 0 Å². The average Bonchev–Trinajstić information content (AvgIpc) is 3.21. The van der Waals surface area contributed by atoms with Crippen LogP contribution in [0, 0.1) is 0 Å². The maximum Gasteiger partial charge on any atom is 0.245 e. The van der Waals surface area contributed by atoms with Gasteiger partial charge in [-0.2, -0.15) is 0 Å². The summed E-state index contributed by atoms with van der Waals surface area (Å²) in [6.07, 6.45) is 4.03. The number of aromatic nitrogens is 4. The van der Waals surface area contributed by atoms with Crippen LogP contribution in [0.4, 0.5) is 5.82 Å². The van der Waals surface area contributed by atoms with Gasteiger partial charge in [0, 0.05) is 50.2 Å². The van der Waals surface area contributed by atoms with E-state index in [1.54, 1.807) is 6.20 Å². The molecular formula is C32H31N7O. The summed E-state index contributed by atoms with van der Waals surface area (Å²) in [5, 5.41) is 0. The number of pyridine rings is 2. The fourth-order valence-corrected chi connectivity index (χ4v) is 5.25. The van der Waals surface area contributed by atoms with E-state index in [4.69, 9.17) is 15.7 Å². The first-order chi connectivity index (χ1) is 19.6. The van der Waals surface area contributed by atoms with Gasteiger partial charge >= 0.3 is 0 Å². The molecule has 0 aliphatic carbocycles. The van der Waals surface area contributed by atoms with Crippen LogP contribution in [0.3, 0.4) is 0 Å². The van der Waals surface area contributed by atoms with Crippen molar-refractivity contribution < 1.29 is 4.79 Å². The highest BCUT2D eigenvalue weighted by atomic mass is 16.2. The maximum atomic E-state index is 12.0. The summed E-state index contributed by atoms with van der Waals surface area (Å²) >= 11 is 0. The molecule has 5 aromatic rings. The molecule has 8 heteroatoms. The van der Waals surface area contributed by atoms with Crippen molar-refractivity contribution in [1.82, 2.24) is 29.3 Å². The molecule has 2 N–H and O–H groups in total. The fraction of sp³-hybridized carbons (Fsp3) is 0.188. The molecule has 0 spiro atoms. The Morgan fingerprint density at radius 2 is 1.73 bits per heavy atom. The molecule has 8 nitrogen and oxygen atoms in total. The van der Waals surface area contributed by atoms with E-state index >= 15 is 0 Å². The van der Waals surface area contributed by atoms with Crippen molar-refractivity contribution in [2.75, 3.05) is 31.9 Å². The van der Waals surface area contributed by atoms with Gasteiger partial charge in [-0.3, -0.25) is 14.3 Å². The van der Waals surface area contributed by atoms with Gasteiger partial charge in [0.2, 0.25) is 5.91 Å². The number of rotatable bonds is 6. The van der Waals surface area contributed by atoms with Crippen molar-refractivity contribution in [3.05, 3.63) is 103 Å². The number of anilines is 1. The van der Waals surface area contributed by atoms with Gasteiger partial charge in [-0.15, -0.1) is 0 Å². The van der Waals surface area contributed by atoms with Gasteiger partial charge in [0.1, 0.15) is 11.3 Å². The highest BCUT2D eigenvalue weighted by molar-refractivity contribution is 5.87. The summed E-state index contributed by atoms with van der Waals surface area (Å²) in [5.74, 6) is 1.13. The van der Waals surface area contributed by atoms with Crippen LogP contribution >= 0.6 is 0 Å². The zero-order chi connectivity index (χ0) is 27.5. The van der Waals surface area contributed by atoms with Crippen molar-refractivity contribution >= 4 is 22.9 Å². The molecule has 0 bridgehead atoms. The van der Waals surface area contributed by atoms with E-state index in [-0.39, 0.29) is 5.91 Å². The monoisotopic (exact) mass is 529 g/mol. The number of nitrogens with two attached hydrogens (primary N) is 1. The Labute approximate surface area is 233 Å². The molecular weight excluding hydrogens is 498 g/mol. The van der Waals surface area contributed by atoms with Crippen molar-refractivity contribution in [3.8, 4) is 28.3 Å². The minimum atomic E-state index is 0.00727. The number of nitrogens with zero attached hydrogens (tertiary/aromatic N) is 6. The quantitative estimate of drug-likeness (QED) is 0.313. The molecule has 1 saturated heterocycles. The number of carbonyl (C=O) groups is 1. The van der Waals surface area contributed by atoms with Crippen molar-refractivity contribution in [1.29, 1.82) is 0 Å². The van der Waals surface area contributed by atoms with Gasteiger partial charge in [0.25, 0.3) is 0 Å². The SMILES string of the molecule is C=CC(=O)N1CCCN(Cc2ccc(-n3c(-c4cccnc4N)nc4ccc(-c5ccccc5)nc43)cc2)CC1. The Kier molecular flexibility index (Phi) is 7.08. The zero-order valence-electron chi connectivity index (χ0n) is 22.3. The van der Waals surface area contributed by atoms with Gasteiger partial charge in [-0.1, -0.05) is 49.0 Å². The molecule has 0 atom stereocenters. The predicted octanol–water partition coefficient (Wildman–Crippen LogP) is 4.95. The third-order valence-electron chi connectivity index (χ3n) is 7.33. The summed E-state index contributed by atoms with van der Waals surface area (Å²) < 4.78 is 2.06. The topological polar surface area (TPSA) is 93.2 Å². The lowest BCUT2D eigenvalue weighted by Gasteiger charge is -2.21. The minimum Gasteiger partial charge on any atom is -0.383 e. The van der Waals surface area contributed by atoms with Crippen molar-refractivity contribution in [2.45, 2.75) is 13.0 Å². The van der Waals surface area contributed by atoms with Crippen molar-refractivity contribution in [3.63, 3.8) is 0 Å². The zero-order valence-corrected chi connectivity index (χ0v) is 22.3. The summed E-state index contributed by atoms with van der Waals surface area (Å²) in [5.41, 5.74) is 12.7. The largest absolute Gasteiger partial charge is 0.383 e. The van der Waals surface area contributed by atoms with Gasteiger partial charge in [-0.25, -0.2) is 15.0 Å². The Bertz CT molecular complexity index is 1660. The predicted molar refractivity (Wildman–Crippen MR) is 159 cm³/mol. The Balaban J connectivity index is 1.35. The number of amides is 1. The summed E-state index contributed by atoms with van der Waals surface area (Å²) in [7, 11) is 0. The number of fused-ring (bicyclic) bond motifs is 1. The first kappa shape index (κ1) is 25.5. The van der Waals surface area contributed by atoms with Crippen LogP contribution in [0.1, 0.15) is 12.0 Å². The number of hydrogen-bond acceptors (Lipinski definition) is 6. The maximum absolute atomic E-state index is 12.0. The molecule has 40 heavy (non-hydrogen) atoms. The lowest BCUT2D eigenvalue weighted by Crippen LogP contribution is -2.33. The van der Waals surface area contributed by atoms with Gasteiger partial charge in [0.05, 0.1) is 11.3 Å². The molecule has 4 heterocycles. The molecule has 3 aromatic heterocycles. The van der Waals surface area contributed by atoms with Crippen LogP contribution in [-0.4, -0.2) is 61.4 Å². The lowest BCUT2D eigenvalue weighted by atomic mass is 10.1. The standard InChI is InChI=1S/C32H31N7O/c1-2-29(40)38-19-7-18-37(20-21-38)22-23-11-13-25(14-12-23)39-31(26-10-6-17-34-30(26)33)36-28-16-15-27(35-32(28)39)24-8-4-3-5-9-24/h2-6,8-17H,1,7,18-22H2,(H2,33,34). The van der Waals surface area contributed by atoms with Crippen molar-refractivity contribution in [2.24, 2.45) is 0 Å².